The maximum absolute atomic E-state index is 11.8. The molecule has 27 heavy (non-hydrogen) atoms. The number of hydrogen-bond acceptors (Lipinski definition) is 7. The molecule has 3 rings (SSSR count). The van der Waals surface area contributed by atoms with Crippen LogP contribution in [0.1, 0.15) is 16.2 Å². The fourth-order valence-corrected chi connectivity index (χ4v) is 2.76. The molecule has 0 aliphatic carbocycles. The number of nitrogens with two attached hydrogens (primary N) is 1. The minimum atomic E-state index is -0.441. The molecule has 4 N–H and O–H groups in total. The van der Waals surface area contributed by atoms with E-state index in [9.17, 15) is 4.79 Å². The highest BCUT2D eigenvalue weighted by atomic mass is 35.5. The highest BCUT2D eigenvalue weighted by Gasteiger charge is 2.14. The molecule has 144 valence electrons. The molecule has 0 saturated heterocycles. The number of nitrogen functional groups attached to an aromatic ring is 1. The molecule has 0 radical (unpaired) electrons. The molecule has 1 aromatic carbocycles. The lowest BCUT2D eigenvalue weighted by atomic mass is 10.2. The molecule has 8 nitrogen and oxygen atoms in total. The molecule has 0 fully saturated rings. The van der Waals surface area contributed by atoms with Gasteiger partial charge in [-0.1, -0.05) is 23.2 Å². The Kier molecular flexibility index (Phi) is 7.49. The van der Waals surface area contributed by atoms with Crippen molar-refractivity contribution < 1.29 is 26.2 Å². The first-order valence-electron chi connectivity index (χ1n) is 7.65. The first kappa shape index (κ1) is 21.0. The molecular formula is C16H15Cl3N5O3-. The van der Waals surface area contributed by atoms with Crippen molar-refractivity contribution in [2.45, 2.75) is 6.54 Å². The standard InChI is InChI=1S/C16H15Cl2N5O3.ClH/c17-10-5-9(6-11(18)7-10)13-2-1-12(25-13)8-20-3-4-21-16(24)14-15(19)23-26-22-14;/h1-2,5-7,20H,3-4,8H2,(H2,19,23)(H,21,24);1H/p-1. The lowest BCUT2D eigenvalue weighted by molar-refractivity contribution is -0.0000146. The van der Waals surface area contributed by atoms with E-state index in [0.29, 0.717) is 35.4 Å². The van der Waals surface area contributed by atoms with Crippen molar-refractivity contribution in [2.75, 3.05) is 18.8 Å². The lowest BCUT2D eigenvalue weighted by Crippen LogP contribution is -3.00. The van der Waals surface area contributed by atoms with Crippen molar-refractivity contribution in [1.82, 2.24) is 20.9 Å². The third kappa shape index (κ3) is 5.61. The van der Waals surface area contributed by atoms with Crippen molar-refractivity contribution in [3.8, 4) is 11.3 Å². The molecule has 3 aromatic rings. The topological polar surface area (TPSA) is 119 Å². The SMILES string of the molecule is Nc1nonc1C(=O)NCCNCc1ccc(-c2cc(Cl)cc(Cl)c2)o1.[Cl-]. The summed E-state index contributed by atoms with van der Waals surface area (Å²) in [4.78, 5) is 11.8. The quantitative estimate of drug-likeness (QED) is 0.441. The Morgan fingerprint density at radius 1 is 1.11 bits per heavy atom. The smallest absolute Gasteiger partial charge is 0.277 e. The zero-order valence-corrected chi connectivity index (χ0v) is 16.1. The van der Waals surface area contributed by atoms with Crippen LogP contribution in [-0.2, 0) is 6.54 Å². The number of rotatable bonds is 7. The van der Waals surface area contributed by atoms with Gasteiger partial charge in [0.1, 0.15) is 11.5 Å². The van der Waals surface area contributed by atoms with E-state index in [0.717, 1.165) is 11.3 Å². The molecule has 11 heteroatoms. The average molecular weight is 432 g/mol. The fourth-order valence-electron chi connectivity index (χ4n) is 2.24. The van der Waals surface area contributed by atoms with Crippen LogP contribution in [0.2, 0.25) is 10.0 Å². The van der Waals surface area contributed by atoms with Gasteiger partial charge >= 0.3 is 0 Å². The third-order valence-corrected chi connectivity index (χ3v) is 3.86. The zero-order chi connectivity index (χ0) is 18.5. The van der Waals surface area contributed by atoms with Crippen LogP contribution in [0.4, 0.5) is 5.82 Å². The summed E-state index contributed by atoms with van der Waals surface area (Å²) in [6.45, 7) is 1.40. The van der Waals surface area contributed by atoms with Crippen LogP contribution in [0.3, 0.4) is 0 Å². The highest BCUT2D eigenvalue weighted by molar-refractivity contribution is 6.35. The highest BCUT2D eigenvalue weighted by Crippen LogP contribution is 2.28. The minimum Gasteiger partial charge on any atom is -1.00 e. The van der Waals surface area contributed by atoms with Gasteiger partial charge in [-0.2, -0.15) is 0 Å². The first-order valence-corrected chi connectivity index (χ1v) is 8.40. The summed E-state index contributed by atoms with van der Waals surface area (Å²) in [7, 11) is 0. The van der Waals surface area contributed by atoms with Crippen molar-refractivity contribution in [1.29, 1.82) is 0 Å². The largest absolute Gasteiger partial charge is 1.00 e. The molecule has 1 amide bonds. The van der Waals surface area contributed by atoms with Gasteiger partial charge in [-0.25, -0.2) is 4.63 Å². The molecule has 2 heterocycles. The van der Waals surface area contributed by atoms with Crippen LogP contribution in [-0.4, -0.2) is 29.3 Å². The van der Waals surface area contributed by atoms with Gasteiger partial charge in [0, 0.05) is 28.7 Å². The van der Waals surface area contributed by atoms with E-state index < -0.39 is 5.91 Å². The Morgan fingerprint density at radius 2 is 1.85 bits per heavy atom. The number of benzene rings is 1. The van der Waals surface area contributed by atoms with Crippen LogP contribution < -0.4 is 28.8 Å². The molecule has 0 unspecified atom stereocenters. The number of hydrogen-bond donors (Lipinski definition) is 3. The minimum absolute atomic E-state index is 0. The molecule has 0 spiro atoms. The second-order valence-electron chi connectivity index (χ2n) is 5.35. The van der Waals surface area contributed by atoms with E-state index in [1.165, 1.54) is 0 Å². The van der Waals surface area contributed by atoms with E-state index in [-0.39, 0.29) is 23.9 Å². The maximum Gasteiger partial charge on any atom is 0.277 e. The van der Waals surface area contributed by atoms with Crippen molar-refractivity contribution in [2.24, 2.45) is 0 Å². The van der Waals surface area contributed by atoms with E-state index in [2.05, 4.69) is 25.6 Å². The molecule has 2 aromatic heterocycles. The van der Waals surface area contributed by atoms with Crippen LogP contribution >= 0.6 is 23.2 Å². The summed E-state index contributed by atoms with van der Waals surface area (Å²) in [5.41, 5.74) is 6.22. The number of carbonyl (C=O) groups is 1. The molecule has 0 aliphatic rings. The number of nitrogens with one attached hydrogen (secondary N) is 2. The Balaban J connectivity index is 0.00000261. The van der Waals surface area contributed by atoms with Gasteiger partial charge in [-0.3, -0.25) is 4.79 Å². The van der Waals surface area contributed by atoms with Crippen molar-refractivity contribution in [3.63, 3.8) is 0 Å². The van der Waals surface area contributed by atoms with Crippen molar-refractivity contribution >= 4 is 34.9 Å². The van der Waals surface area contributed by atoms with Crippen LogP contribution in [0, 0.1) is 0 Å². The summed E-state index contributed by atoms with van der Waals surface area (Å²) in [5, 5.41) is 13.7. The Labute approximate surface area is 170 Å². The summed E-state index contributed by atoms with van der Waals surface area (Å²) in [5.74, 6) is 0.934. The number of anilines is 1. The predicted molar refractivity (Wildman–Crippen MR) is 96.9 cm³/mol. The molecular weight excluding hydrogens is 417 g/mol. The van der Waals surface area contributed by atoms with Gasteiger partial charge in [0.2, 0.25) is 11.5 Å². The number of halogens is 3. The maximum atomic E-state index is 11.8. The zero-order valence-electron chi connectivity index (χ0n) is 13.8. The van der Waals surface area contributed by atoms with Gasteiger partial charge in [0.05, 0.1) is 6.54 Å². The van der Waals surface area contributed by atoms with E-state index >= 15 is 0 Å². The first-order chi connectivity index (χ1) is 12.5. The monoisotopic (exact) mass is 430 g/mol. The third-order valence-electron chi connectivity index (χ3n) is 3.42. The van der Waals surface area contributed by atoms with E-state index in [1.54, 1.807) is 18.2 Å². The Hall–Kier alpha value is -2.26. The predicted octanol–water partition coefficient (Wildman–Crippen LogP) is -0.258. The summed E-state index contributed by atoms with van der Waals surface area (Å²) >= 11 is 12.0. The lowest BCUT2D eigenvalue weighted by Gasteiger charge is -2.04. The van der Waals surface area contributed by atoms with Gasteiger partial charge in [0.25, 0.3) is 5.91 Å². The summed E-state index contributed by atoms with van der Waals surface area (Å²) < 4.78 is 10.1. The van der Waals surface area contributed by atoms with E-state index in [1.807, 2.05) is 12.1 Å². The molecule has 0 atom stereocenters. The normalized spacial score (nSPS) is 10.4. The number of carbonyl (C=O) groups excluding carboxylic acids is 1. The number of aromatic nitrogens is 2. The van der Waals surface area contributed by atoms with Crippen molar-refractivity contribution in [3.05, 3.63) is 51.8 Å². The van der Waals surface area contributed by atoms with Crippen LogP contribution in [0.25, 0.3) is 11.3 Å². The van der Waals surface area contributed by atoms with Gasteiger partial charge in [-0.05, 0) is 40.6 Å². The molecule has 0 aliphatic heterocycles. The number of nitrogens with zero attached hydrogens (tertiary/aromatic N) is 2. The summed E-state index contributed by atoms with van der Waals surface area (Å²) in [6.07, 6.45) is 0. The molecule has 0 bridgehead atoms. The second kappa shape index (κ2) is 9.61. The Bertz CT molecular complexity index is 892. The summed E-state index contributed by atoms with van der Waals surface area (Å²) in [6, 6.07) is 8.93. The molecule has 0 saturated carbocycles. The fraction of sp³-hybridized carbons (Fsp3) is 0.188. The second-order valence-corrected chi connectivity index (χ2v) is 6.23. The van der Waals surface area contributed by atoms with Crippen LogP contribution in [0.15, 0.2) is 39.4 Å². The van der Waals surface area contributed by atoms with Gasteiger partial charge in [0.15, 0.2) is 0 Å². The Morgan fingerprint density at radius 3 is 2.52 bits per heavy atom. The van der Waals surface area contributed by atoms with E-state index in [4.69, 9.17) is 33.4 Å². The number of amides is 1. The average Bonchev–Trinajstić information content (AvgIpc) is 3.22. The number of furan rings is 1. The van der Waals surface area contributed by atoms with Crippen LogP contribution in [0.5, 0.6) is 0 Å². The van der Waals surface area contributed by atoms with Gasteiger partial charge < -0.3 is 33.2 Å². The van der Waals surface area contributed by atoms with Gasteiger partial charge in [-0.15, -0.1) is 0 Å².